The Labute approximate surface area is 176 Å². The van der Waals surface area contributed by atoms with Crippen LogP contribution < -0.4 is 10.6 Å². The highest BCUT2D eigenvalue weighted by Crippen LogP contribution is 2.32. The number of benzene rings is 1. The van der Waals surface area contributed by atoms with Crippen molar-refractivity contribution in [3.05, 3.63) is 53.5 Å². The molecule has 0 spiro atoms. The highest BCUT2D eigenvalue weighted by Gasteiger charge is 2.35. The summed E-state index contributed by atoms with van der Waals surface area (Å²) in [6, 6.07) is 4.71. The van der Waals surface area contributed by atoms with Crippen LogP contribution in [0.15, 0.2) is 41.4 Å². The fraction of sp³-hybridized carbons (Fsp3) is 0.368. The van der Waals surface area contributed by atoms with Crippen LogP contribution >= 0.6 is 0 Å². The third kappa shape index (κ3) is 6.89. The number of hydrogen-bond donors (Lipinski definition) is 2. The topological polar surface area (TPSA) is 114 Å². The molecule has 1 aliphatic rings. The van der Waals surface area contributed by atoms with E-state index in [0.29, 0.717) is 6.07 Å². The Kier molecular flexibility index (Phi) is 7.60. The molecule has 0 radical (unpaired) electrons. The van der Waals surface area contributed by atoms with Gasteiger partial charge in [0.15, 0.2) is 0 Å². The van der Waals surface area contributed by atoms with Gasteiger partial charge in [0, 0.05) is 13.1 Å². The number of nitrogens with zero attached hydrogens (tertiary/aromatic N) is 2. The number of anilines is 1. The van der Waals surface area contributed by atoms with Gasteiger partial charge in [0.2, 0.25) is 5.91 Å². The standard InChI is InChI=1S/C11H16N2O3S.C8H5F4NO/c1-9-4-6-13(7-5-9)11-3-2-10(8-12-11)17(14,15)16;9-4-1-2-5(7(13)14)6(3-4)8(10,11)12/h2-3,8-9H,4-7H2,1H3,(H,14,15,16);1-3H,(H2,13,14). The molecule has 1 aromatic heterocycles. The molecular weight excluding hydrogens is 442 g/mol. The van der Waals surface area contributed by atoms with Gasteiger partial charge in [-0.2, -0.15) is 21.6 Å². The second-order valence-electron chi connectivity index (χ2n) is 7.05. The number of hydrogen-bond acceptors (Lipinski definition) is 5. The quantitative estimate of drug-likeness (QED) is 0.532. The largest absolute Gasteiger partial charge is 0.417 e. The summed E-state index contributed by atoms with van der Waals surface area (Å²) in [6.45, 7) is 4.12. The molecule has 1 amide bonds. The molecule has 1 aliphatic heterocycles. The lowest BCUT2D eigenvalue weighted by Crippen LogP contribution is -2.33. The highest BCUT2D eigenvalue weighted by molar-refractivity contribution is 7.85. The zero-order valence-electron chi connectivity index (χ0n) is 16.4. The Balaban J connectivity index is 0.000000225. The van der Waals surface area contributed by atoms with Gasteiger partial charge in [0.05, 0.1) is 17.3 Å². The second kappa shape index (κ2) is 9.60. The molecule has 2 heterocycles. The van der Waals surface area contributed by atoms with Crippen LogP contribution in [0.1, 0.15) is 35.7 Å². The van der Waals surface area contributed by atoms with E-state index in [1.807, 2.05) is 0 Å². The van der Waals surface area contributed by atoms with Crippen LogP contribution in [-0.4, -0.2) is 37.0 Å². The lowest BCUT2D eigenvalue weighted by molar-refractivity contribution is -0.138. The van der Waals surface area contributed by atoms with Gasteiger partial charge in [-0.1, -0.05) is 6.92 Å². The monoisotopic (exact) mass is 463 g/mol. The average molecular weight is 463 g/mol. The molecule has 0 aliphatic carbocycles. The molecule has 1 fully saturated rings. The SMILES string of the molecule is CC1CCN(c2ccc(S(=O)(=O)O)cn2)CC1.NC(=O)c1ccc(F)cc1C(F)(F)F. The second-order valence-corrected chi connectivity index (χ2v) is 8.47. The van der Waals surface area contributed by atoms with Crippen LogP contribution in [0, 0.1) is 11.7 Å². The summed E-state index contributed by atoms with van der Waals surface area (Å²) in [7, 11) is -4.14. The molecule has 1 aromatic carbocycles. The third-order valence-electron chi connectivity index (χ3n) is 4.68. The van der Waals surface area contributed by atoms with Gasteiger partial charge in [0.25, 0.3) is 10.1 Å². The first-order valence-corrected chi connectivity index (χ1v) is 10.6. The van der Waals surface area contributed by atoms with Gasteiger partial charge in [0.1, 0.15) is 16.5 Å². The van der Waals surface area contributed by atoms with Crippen molar-refractivity contribution in [3.8, 4) is 0 Å². The van der Waals surface area contributed by atoms with Crippen LogP contribution in [0.5, 0.6) is 0 Å². The number of alkyl halides is 3. The van der Waals surface area contributed by atoms with Crippen molar-refractivity contribution < 1.29 is 35.3 Å². The summed E-state index contributed by atoms with van der Waals surface area (Å²) in [5, 5.41) is 0. The van der Waals surface area contributed by atoms with Crippen molar-refractivity contribution in [3.63, 3.8) is 0 Å². The van der Waals surface area contributed by atoms with Crippen molar-refractivity contribution in [2.24, 2.45) is 11.7 Å². The van der Waals surface area contributed by atoms with Gasteiger partial charge in [-0.05, 0) is 49.1 Å². The van der Waals surface area contributed by atoms with Crippen molar-refractivity contribution >= 4 is 21.8 Å². The normalized spacial score (nSPS) is 15.2. The van der Waals surface area contributed by atoms with E-state index < -0.39 is 39.1 Å². The molecule has 0 unspecified atom stereocenters. The Hall–Kier alpha value is -2.73. The summed E-state index contributed by atoms with van der Waals surface area (Å²) in [5.74, 6) is -0.799. The van der Waals surface area contributed by atoms with Crippen molar-refractivity contribution in [1.82, 2.24) is 4.98 Å². The Morgan fingerprint density at radius 2 is 1.81 bits per heavy atom. The number of halogens is 4. The molecule has 3 N–H and O–H groups in total. The van der Waals surface area contributed by atoms with Gasteiger partial charge >= 0.3 is 6.18 Å². The van der Waals surface area contributed by atoms with Crippen LogP contribution in [0.25, 0.3) is 0 Å². The number of primary amides is 1. The van der Waals surface area contributed by atoms with E-state index in [9.17, 15) is 30.8 Å². The fourth-order valence-corrected chi connectivity index (χ4v) is 3.34. The van der Waals surface area contributed by atoms with Crippen molar-refractivity contribution in [1.29, 1.82) is 0 Å². The molecule has 7 nitrogen and oxygen atoms in total. The van der Waals surface area contributed by atoms with E-state index in [4.69, 9.17) is 10.3 Å². The minimum Gasteiger partial charge on any atom is -0.366 e. The van der Waals surface area contributed by atoms with E-state index in [1.165, 1.54) is 12.3 Å². The lowest BCUT2D eigenvalue weighted by Gasteiger charge is -2.31. The smallest absolute Gasteiger partial charge is 0.366 e. The van der Waals surface area contributed by atoms with Crippen LogP contribution in [0.2, 0.25) is 0 Å². The van der Waals surface area contributed by atoms with E-state index >= 15 is 0 Å². The maximum atomic E-state index is 12.5. The minimum atomic E-state index is -4.79. The van der Waals surface area contributed by atoms with Crippen LogP contribution in [0.4, 0.5) is 23.4 Å². The number of carbonyl (C=O) groups excluding carboxylic acids is 1. The van der Waals surface area contributed by atoms with Crippen LogP contribution in [-0.2, 0) is 16.3 Å². The maximum Gasteiger partial charge on any atom is 0.417 e. The number of amides is 1. The first-order valence-electron chi connectivity index (χ1n) is 9.14. The van der Waals surface area contributed by atoms with Crippen molar-refractivity contribution in [2.45, 2.75) is 30.8 Å². The zero-order chi connectivity index (χ0) is 23.4. The molecule has 170 valence electrons. The highest BCUT2D eigenvalue weighted by atomic mass is 32.2. The zero-order valence-corrected chi connectivity index (χ0v) is 17.3. The Bertz CT molecular complexity index is 1020. The maximum absolute atomic E-state index is 12.5. The average Bonchev–Trinajstić information content (AvgIpc) is 2.67. The summed E-state index contributed by atoms with van der Waals surface area (Å²) < 4.78 is 79.7. The first kappa shape index (κ1) is 24.5. The number of pyridine rings is 1. The molecule has 0 bridgehead atoms. The number of aromatic nitrogens is 1. The van der Waals surface area contributed by atoms with Gasteiger partial charge < -0.3 is 10.6 Å². The predicted molar refractivity (Wildman–Crippen MR) is 105 cm³/mol. The number of carbonyl (C=O) groups is 1. The van der Waals surface area contributed by atoms with Gasteiger partial charge in [-0.25, -0.2) is 9.37 Å². The Morgan fingerprint density at radius 3 is 2.26 bits per heavy atom. The molecular formula is C19H21F4N3O4S. The number of nitrogens with two attached hydrogens (primary N) is 1. The third-order valence-corrected chi connectivity index (χ3v) is 5.52. The Morgan fingerprint density at radius 1 is 1.19 bits per heavy atom. The lowest BCUT2D eigenvalue weighted by atomic mass is 9.99. The summed E-state index contributed by atoms with van der Waals surface area (Å²) in [6.07, 6.45) is -1.33. The number of rotatable bonds is 3. The summed E-state index contributed by atoms with van der Waals surface area (Å²) in [4.78, 5) is 16.6. The predicted octanol–water partition coefficient (Wildman–Crippen LogP) is 3.51. The van der Waals surface area contributed by atoms with Crippen molar-refractivity contribution in [2.75, 3.05) is 18.0 Å². The fourth-order valence-electron chi connectivity index (χ4n) is 2.92. The minimum absolute atomic E-state index is 0.161. The summed E-state index contributed by atoms with van der Waals surface area (Å²) in [5.41, 5.74) is 2.61. The molecule has 2 aromatic rings. The summed E-state index contributed by atoms with van der Waals surface area (Å²) >= 11 is 0. The molecule has 31 heavy (non-hydrogen) atoms. The molecule has 12 heteroatoms. The van der Waals surface area contributed by atoms with Gasteiger partial charge in [-0.15, -0.1) is 0 Å². The number of piperidine rings is 1. The van der Waals surface area contributed by atoms with E-state index in [2.05, 4.69) is 16.8 Å². The first-order chi connectivity index (χ1) is 14.3. The molecule has 1 saturated heterocycles. The van der Waals surface area contributed by atoms with E-state index in [0.717, 1.165) is 43.7 Å². The molecule has 0 saturated carbocycles. The van der Waals surface area contributed by atoms with E-state index in [-0.39, 0.29) is 11.0 Å². The molecule has 3 rings (SSSR count). The molecule has 0 atom stereocenters. The van der Waals surface area contributed by atoms with E-state index in [1.54, 1.807) is 6.07 Å². The van der Waals surface area contributed by atoms with Gasteiger partial charge in [-0.3, -0.25) is 9.35 Å². The van der Waals surface area contributed by atoms with Crippen LogP contribution in [0.3, 0.4) is 0 Å².